The highest BCUT2D eigenvalue weighted by atomic mass is 16.2. The molecule has 5 nitrogen and oxygen atoms in total. The van der Waals surface area contributed by atoms with Gasteiger partial charge in [-0.1, -0.05) is 0 Å². The summed E-state index contributed by atoms with van der Waals surface area (Å²) in [7, 11) is 0. The molecule has 0 aromatic carbocycles. The van der Waals surface area contributed by atoms with Gasteiger partial charge < -0.3 is 10.2 Å². The maximum Gasteiger partial charge on any atom is 0.255 e. The van der Waals surface area contributed by atoms with Gasteiger partial charge in [0.25, 0.3) is 5.91 Å². The first-order valence-corrected chi connectivity index (χ1v) is 6.03. The van der Waals surface area contributed by atoms with Crippen molar-refractivity contribution in [3.05, 3.63) is 30.1 Å². The van der Waals surface area contributed by atoms with Gasteiger partial charge >= 0.3 is 0 Å². The van der Waals surface area contributed by atoms with Crippen molar-refractivity contribution in [2.75, 3.05) is 13.1 Å². The molecule has 5 heteroatoms. The second-order valence-electron chi connectivity index (χ2n) is 4.28. The van der Waals surface area contributed by atoms with Crippen LogP contribution in [0.5, 0.6) is 0 Å². The van der Waals surface area contributed by atoms with Crippen molar-refractivity contribution in [2.45, 2.75) is 26.8 Å². The Morgan fingerprint density at radius 3 is 2.67 bits per heavy atom. The first-order valence-electron chi connectivity index (χ1n) is 6.03. The summed E-state index contributed by atoms with van der Waals surface area (Å²) in [5, 5.41) is 2.77. The third kappa shape index (κ3) is 4.16. The van der Waals surface area contributed by atoms with Crippen LogP contribution < -0.4 is 5.32 Å². The molecule has 1 aromatic rings. The fourth-order valence-electron chi connectivity index (χ4n) is 1.54. The van der Waals surface area contributed by atoms with Crippen LogP contribution in [-0.2, 0) is 4.79 Å². The maximum atomic E-state index is 12.1. The highest BCUT2D eigenvalue weighted by molar-refractivity contribution is 5.96. The Morgan fingerprint density at radius 2 is 2.17 bits per heavy atom. The lowest BCUT2D eigenvalue weighted by Gasteiger charge is -2.21. The molecule has 0 spiro atoms. The zero-order valence-electron chi connectivity index (χ0n) is 11.0. The summed E-state index contributed by atoms with van der Waals surface area (Å²) in [6.07, 6.45) is 3.11. The number of aromatic nitrogens is 1. The van der Waals surface area contributed by atoms with Crippen molar-refractivity contribution in [3.8, 4) is 0 Å². The lowest BCUT2D eigenvalue weighted by molar-refractivity contribution is -0.122. The van der Waals surface area contributed by atoms with Gasteiger partial charge in [-0.05, 0) is 32.9 Å². The van der Waals surface area contributed by atoms with Gasteiger partial charge in [-0.15, -0.1) is 0 Å². The monoisotopic (exact) mass is 249 g/mol. The minimum Gasteiger partial charge on any atom is -0.352 e. The number of hydrogen-bond donors (Lipinski definition) is 1. The Bertz CT molecular complexity index is 404. The van der Waals surface area contributed by atoms with Crippen LogP contribution in [0.25, 0.3) is 0 Å². The van der Waals surface area contributed by atoms with Crippen LogP contribution >= 0.6 is 0 Å². The van der Waals surface area contributed by atoms with E-state index in [1.165, 1.54) is 11.1 Å². The number of nitrogens with one attached hydrogen (secondary N) is 1. The summed E-state index contributed by atoms with van der Waals surface area (Å²) < 4.78 is 0. The molecule has 0 aliphatic heterocycles. The van der Waals surface area contributed by atoms with E-state index in [2.05, 4.69) is 10.3 Å². The maximum absolute atomic E-state index is 12.1. The largest absolute Gasteiger partial charge is 0.352 e. The van der Waals surface area contributed by atoms with Crippen molar-refractivity contribution >= 4 is 11.8 Å². The molecule has 0 unspecified atom stereocenters. The number of nitrogens with zero attached hydrogens (tertiary/aromatic N) is 2. The molecule has 0 saturated carbocycles. The van der Waals surface area contributed by atoms with Gasteiger partial charge in [-0.25, -0.2) is 0 Å². The van der Waals surface area contributed by atoms with E-state index in [4.69, 9.17) is 0 Å². The second-order valence-corrected chi connectivity index (χ2v) is 4.28. The standard InChI is InChI=1S/C13H19N3O2/c1-4-16(9-12(17)15-10(2)3)13(18)11-6-5-7-14-8-11/h5-8,10H,4,9H2,1-3H3,(H,15,17). The molecule has 1 aromatic heterocycles. The lowest BCUT2D eigenvalue weighted by Crippen LogP contribution is -2.42. The highest BCUT2D eigenvalue weighted by Gasteiger charge is 2.17. The molecular weight excluding hydrogens is 230 g/mol. The minimum absolute atomic E-state index is 0.0718. The van der Waals surface area contributed by atoms with E-state index in [1.54, 1.807) is 18.3 Å². The molecule has 2 amide bonds. The Morgan fingerprint density at radius 1 is 1.44 bits per heavy atom. The zero-order valence-corrected chi connectivity index (χ0v) is 11.0. The van der Waals surface area contributed by atoms with Crippen molar-refractivity contribution in [2.24, 2.45) is 0 Å². The number of carbonyl (C=O) groups is 2. The van der Waals surface area contributed by atoms with Gasteiger partial charge in [-0.3, -0.25) is 14.6 Å². The van der Waals surface area contributed by atoms with Gasteiger partial charge in [0.15, 0.2) is 0 Å². The Hall–Kier alpha value is -1.91. The molecule has 18 heavy (non-hydrogen) atoms. The molecule has 0 atom stereocenters. The molecule has 0 bridgehead atoms. The average Bonchev–Trinajstić information content (AvgIpc) is 2.35. The minimum atomic E-state index is -0.176. The van der Waals surface area contributed by atoms with E-state index < -0.39 is 0 Å². The summed E-state index contributed by atoms with van der Waals surface area (Å²) in [6.45, 7) is 6.17. The van der Waals surface area contributed by atoms with Crippen LogP contribution in [0, 0.1) is 0 Å². The SMILES string of the molecule is CCN(CC(=O)NC(C)C)C(=O)c1cccnc1. The van der Waals surface area contributed by atoms with Crippen molar-refractivity contribution in [1.29, 1.82) is 0 Å². The van der Waals surface area contributed by atoms with Crippen LogP contribution in [0.2, 0.25) is 0 Å². The summed E-state index contributed by atoms with van der Waals surface area (Å²) in [5.41, 5.74) is 0.497. The fourth-order valence-corrected chi connectivity index (χ4v) is 1.54. The van der Waals surface area contributed by atoms with E-state index in [0.29, 0.717) is 12.1 Å². The van der Waals surface area contributed by atoms with Gasteiger partial charge in [0.05, 0.1) is 12.1 Å². The molecule has 1 heterocycles. The summed E-state index contributed by atoms with van der Waals surface area (Å²) in [5.74, 6) is -0.325. The number of rotatable bonds is 5. The predicted octanol–water partition coefficient (Wildman–Crippen LogP) is 1.07. The number of hydrogen-bond acceptors (Lipinski definition) is 3. The van der Waals surface area contributed by atoms with Crippen LogP contribution in [-0.4, -0.2) is 40.8 Å². The summed E-state index contributed by atoms with van der Waals surface area (Å²) >= 11 is 0. The van der Waals surface area contributed by atoms with Crippen LogP contribution in [0.3, 0.4) is 0 Å². The first kappa shape index (κ1) is 14.2. The molecule has 1 N–H and O–H groups in total. The van der Waals surface area contributed by atoms with Gasteiger partial charge in [-0.2, -0.15) is 0 Å². The molecule has 0 fully saturated rings. The second kappa shape index (κ2) is 6.74. The van der Waals surface area contributed by atoms with Crippen molar-refractivity contribution < 1.29 is 9.59 Å². The Balaban J connectivity index is 2.67. The van der Waals surface area contributed by atoms with E-state index in [-0.39, 0.29) is 24.4 Å². The normalized spacial score (nSPS) is 10.2. The summed E-state index contributed by atoms with van der Waals surface area (Å²) in [4.78, 5) is 29.1. The van der Waals surface area contributed by atoms with E-state index in [9.17, 15) is 9.59 Å². The number of carbonyl (C=O) groups excluding carboxylic acids is 2. The average molecular weight is 249 g/mol. The van der Waals surface area contributed by atoms with E-state index in [0.717, 1.165) is 0 Å². The van der Waals surface area contributed by atoms with Gasteiger partial charge in [0.1, 0.15) is 0 Å². The third-order valence-electron chi connectivity index (χ3n) is 2.36. The molecule has 0 aliphatic carbocycles. The quantitative estimate of drug-likeness (QED) is 0.849. The fraction of sp³-hybridized carbons (Fsp3) is 0.462. The predicted molar refractivity (Wildman–Crippen MR) is 69.1 cm³/mol. The molecule has 0 aliphatic rings. The van der Waals surface area contributed by atoms with Crippen LogP contribution in [0.15, 0.2) is 24.5 Å². The van der Waals surface area contributed by atoms with Gasteiger partial charge in [0.2, 0.25) is 5.91 Å². The third-order valence-corrected chi connectivity index (χ3v) is 2.36. The first-order chi connectivity index (χ1) is 8.54. The summed E-state index contributed by atoms with van der Waals surface area (Å²) in [6, 6.07) is 3.47. The molecule has 0 saturated heterocycles. The lowest BCUT2D eigenvalue weighted by atomic mass is 10.2. The van der Waals surface area contributed by atoms with E-state index >= 15 is 0 Å². The Labute approximate surface area is 107 Å². The van der Waals surface area contributed by atoms with Crippen molar-refractivity contribution in [1.82, 2.24) is 15.2 Å². The smallest absolute Gasteiger partial charge is 0.255 e. The van der Waals surface area contributed by atoms with Gasteiger partial charge in [0, 0.05) is 25.0 Å². The molecule has 1 rings (SSSR count). The Kier molecular flexibility index (Phi) is 5.30. The van der Waals surface area contributed by atoms with E-state index in [1.807, 2.05) is 20.8 Å². The number of amides is 2. The van der Waals surface area contributed by atoms with Crippen LogP contribution in [0.4, 0.5) is 0 Å². The highest BCUT2D eigenvalue weighted by Crippen LogP contribution is 2.02. The topological polar surface area (TPSA) is 62.3 Å². The van der Waals surface area contributed by atoms with Crippen LogP contribution in [0.1, 0.15) is 31.1 Å². The molecule has 98 valence electrons. The zero-order chi connectivity index (χ0) is 13.5. The van der Waals surface area contributed by atoms with Crippen molar-refractivity contribution in [3.63, 3.8) is 0 Å². The molecular formula is C13H19N3O2. The molecule has 0 radical (unpaired) electrons. The number of likely N-dealkylation sites (N-methyl/N-ethyl adjacent to an activating group) is 1. The number of pyridine rings is 1.